The molecule has 1 aromatic carbocycles. The first-order valence-corrected chi connectivity index (χ1v) is 14.7. The Balaban J connectivity index is 1.22. The largest absolute Gasteiger partial charge is 0.396 e. The molecule has 0 unspecified atom stereocenters. The van der Waals surface area contributed by atoms with Gasteiger partial charge in [0, 0.05) is 56.7 Å². The van der Waals surface area contributed by atoms with Crippen molar-refractivity contribution in [1.29, 1.82) is 0 Å². The maximum Gasteiger partial charge on any atom is 0.389 e. The Morgan fingerprint density at radius 3 is 2.45 bits per heavy atom. The summed E-state index contributed by atoms with van der Waals surface area (Å²) in [7, 11) is 3.98. The minimum Gasteiger partial charge on any atom is -0.396 e. The molecule has 0 saturated carbocycles. The number of carbonyl (C=O) groups excluding carboxylic acids is 1. The molecule has 3 aromatic rings. The average Bonchev–Trinajstić information content (AvgIpc) is 3.39. The lowest BCUT2D eigenvalue weighted by atomic mass is 9.75. The summed E-state index contributed by atoms with van der Waals surface area (Å²) in [6.07, 6.45) is 0.387. The second kappa shape index (κ2) is 12.5. The molecule has 2 aromatic heterocycles. The van der Waals surface area contributed by atoms with E-state index in [-0.39, 0.29) is 25.0 Å². The van der Waals surface area contributed by atoms with Crippen LogP contribution in [0.3, 0.4) is 0 Å². The lowest BCUT2D eigenvalue weighted by Gasteiger charge is -2.41. The number of hydrogen-bond acceptors (Lipinski definition) is 7. The number of halogens is 3. The van der Waals surface area contributed by atoms with Gasteiger partial charge < -0.3 is 25.1 Å². The van der Waals surface area contributed by atoms with Gasteiger partial charge in [0.15, 0.2) is 5.65 Å². The van der Waals surface area contributed by atoms with Gasteiger partial charge in [0.05, 0.1) is 5.69 Å². The number of pyridine rings is 1. The SMILES string of the molecule is CN1CCC(N(C)C(=O)c2ccc(Nc3nc4c(N5CCC(CO)(CCCC(F)(F)F)CC5)cccn4n3)cc2)CC1. The van der Waals surface area contributed by atoms with Gasteiger partial charge in [0.25, 0.3) is 5.91 Å². The Kier molecular flexibility index (Phi) is 8.93. The number of hydrogen-bond donors (Lipinski definition) is 2. The van der Waals surface area contributed by atoms with E-state index < -0.39 is 18.0 Å². The molecule has 2 N–H and O–H groups in total. The Morgan fingerprint density at radius 2 is 1.81 bits per heavy atom. The highest BCUT2D eigenvalue weighted by Gasteiger charge is 2.36. The summed E-state index contributed by atoms with van der Waals surface area (Å²) in [4.78, 5) is 24.1. The van der Waals surface area contributed by atoms with Crippen LogP contribution in [0.5, 0.6) is 0 Å². The Labute approximate surface area is 244 Å². The van der Waals surface area contributed by atoms with Gasteiger partial charge in [-0.3, -0.25) is 4.79 Å². The highest BCUT2D eigenvalue weighted by atomic mass is 19.4. The fourth-order valence-corrected chi connectivity index (χ4v) is 6.14. The first kappa shape index (κ1) is 30.1. The first-order chi connectivity index (χ1) is 20.1. The van der Waals surface area contributed by atoms with Crippen molar-refractivity contribution < 1.29 is 23.1 Å². The maximum atomic E-state index is 13.1. The second-order valence-corrected chi connectivity index (χ2v) is 11.9. The van der Waals surface area contributed by atoms with Gasteiger partial charge in [-0.15, -0.1) is 5.10 Å². The van der Waals surface area contributed by atoms with Gasteiger partial charge in [-0.25, -0.2) is 4.52 Å². The predicted molar refractivity (Wildman–Crippen MR) is 156 cm³/mol. The number of anilines is 3. The number of alkyl halides is 3. The van der Waals surface area contributed by atoms with Gasteiger partial charge in [-0.05, 0) is 100 Å². The number of amides is 1. The highest BCUT2D eigenvalue weighted by Crippen LogP contribution is 2.39. The molecule has 2 fully saturated rings. The van der Waals surface area contributed by atoms with Gasteiger partial charge in [0.2, 0.25) is 5.95 Å². The number of likely N-dealkylation sites (tertiary alicyclic amines) is 1. The third-order valence-electron chi connectivity index (χ3n) is 8.95. The zero-order valence-electron chi connectivity index (χ0n) is 24.3. The zero-order valence-corrected chi connectivity index (χ0v) is 24.3. The zero-order chi connectivity index (χ0) is 29.9. The van der Waals surface area contributed by atoms with E-state index in [4.69, 9.17) is 4.98 Å². The van der Waals surface area contributed by atoms with E-state index in [0.717, 1.165) is 37.3 Å². The van der Waals surface area contributed by atoms with Crippen LogP contribution < -0.4 is 10.2 Å². The number of nitrogens with zero attached hydrogens (tertiary/aromatic N) is 6. The van der Waals surface area contributed by atoms with Gasteiger partial charge in [-0.1, -0.05) is 0 Å². The molecular formula is C30H40F3N7O2. The number of benzene rings is 1. The Morgan fingerprint density at radius 1 is 1.12 bits per heavy atom. The summed E-state index contributed by atoms with van der Waals surface area (Å²) in [6.45, 7) is 3.10. The van der Waals surface area contributed by atoms with E-state index in [0.29, 0.717) is 49.5 Å². The van der Waals surface area contributed by atoms with Crippen LogP contribution in [0.2, 0.25) is 0 Å². The molecule has 2 saturated heterocycles. The molecule has 5 rings (SSSR count). The molecule has 0 spiro atoms. The third-order valence-corrected chi connectivity index (χ3v) is 8.95. The van der Waals surface area contributed by atoms with E-state index >= 15 is 0 Å². The van der Waals surface area contributed by atoms with Crippen molar-refractivity contribution in [2.75, 3.05) is 57.1 Å². The van der Waals surface area contributed by atoms with Crippen LogP contribution in [-0.2, 0) is 0 Å². The van der Waals surface area contributed by atoms with Crippen molar-refractivity contribution in [2.24, 2.45) is 5.41 Å². The van der Waals surface area contributed by atoms with E-state index in [1.54, 1.807) is 4.52 Å². The van der Waals surface area contributed by atoms with Crippen molar-refractivity contribution in [2.45, 2.75) is 57.2 Å². The van der Waals surface area contributed by atoms with Crippen LogP contribution in [0, 0.1) is 5.41 Å². The molecule has 4 heterocycles. The lowest BCUT2D eigenvalue weighted by molar-refractivity contribution is -0.137. The molecule has 0 aliphatic carbocycles. The predicted octanol–water partition coefficient (Wildman–Crippen LogP) is 4.95. The van der Waals surface area contributed by atoms with E-state index in [9.17, 15) is 23.1 Å². The molecule has 1 amide bonds. The van der Waals surface area contributed by atoms with Gasteiger partial charge in [-0.2, -0.15) is 18.2 Å². The number of nitrogens with one attached hydrogen (secondary N) is 1. The lowest BCUT2D eigenvalue weighted by Crippen LogP contribution is -2.44. The molecule has 0 radical (unpaired) electrons. The van der Waals surface area contributed by atoms with Crippen molar-refractivity contribution in [3.63, 3.8) is 0 Å². The number of fused-ring (bicyclic) bond motifs is 1. The van der Waals surface area contributed by atoms with Crippen LogP contribution in [0.15, 0.2) is 42.6 Å². The van der Waals surface area contributed by atoms with Crippen LogP contribution in [0.25, 0.3) is 5.65 Å². The minimum absolute atomic E-state index is 0.0127. The van der Waals surface area contributed by atoms with Crippen LogP contribution in [-0.4, -0.2) is 94.5 Å². The van der Waals surface area contributed by atoms with Crippen molar-refractivity contribution in [1.82, 2.24) is 24.4 Å². The van der Waals surface area contributed by atoms with Crippen LogP contribution >= 0.6 is 0 Å². The summed E-state index contributed by atoms with van der Waals surface area (Å²) in [5, 5.41) is 17.8. The van der Waals surface area contributed by atoms with E-state index in [1.807, 2.05) is 54.5 Å². The number of aliphatic hydroxyl groups excluding tert-OH is 1. The highest BCUT2D eigenvalue weighted by molar-refractivity contribution is 5.94. The summed E-state index contributed by atoms with van der Waals surface area (Å²) >= 11 is 0. The Bertz CT molecular complexity index is 1350. The number of carbonyl (C=O) groups is 1. The molecule has 9 nitrogen and oxygen atoms in total. The number of aliphatic hydroxyl groups is 1. The smallest absolute Gasteiger partial charge is 0.389 e. The monoisotopic (exact) mass is 587 g/mol. The molecule has 42 heavy (non-hydrogen) atoms. The normalized spacial score (nSPS) is 18.4. The summed E-state index contributed by atoms with van der Waals surface area (Å²) in [5.41, 5.74) is 2.46. The van der Waals surface area contributed by atoms with Crippen molar-refractivity contribution in [3.05, 3.63) is 48.2 Å². The molecule has 2 aliphatic rings. The number of piperidine rings is 2. The Hall–Kier alpha value is -3.38. The number of aromatic nitrogens is 3. The van der Waals surface area contributed by atoms with E-state index in [2.05, 4.69) is 27.3 Å². The van der Waals surface area contributed by atoms with Crippen LogP contribution in [0.4, 0.5) is 30.5 Å². The summed E-state index contributed by atoms with van der Waals surface area (Å²) in [6, 6.07) is 11.4. The summed E-state index contributed by atoms with van der Waals surface area (Å²) < 4.78 is 39.7. The second-order valence-electron chi connectivity index (χ2n) is 11.9. The minimum atomic E-state index is -4.17. The third kappa shape index (κ3) is 6.97. The quantitative estimate of drug-likeness (QED) is 0.366. The molecule has 0 bridgehead atoms. The standard InChI is InChI=1S/C30H40F3N7O2/c1-37-17-10-24(11-18-37)38(2)27(42)22-6-8-23(9-7-22)34-28-35-26-25(5-3-16-40(26)36-28)39-19-14-29(21-41,15-20-39)12-4-13-30(31,32)33/h3,5-9,16,24,41H,4,10-15,17-21H2,1-2H3,(H,34,36). The fourth-order valence-electron chi connectivity index (χ4n) is 6.14. The molecule has 12 heteroatoms. The van der Waals surface area contributed by atoms with Crippen molar-refractivity contribution in [3.8, 4) is 0 Å². The molecule has 228 valence electrons. The fraction of sp³-hybridized carbons (Fsp3) is 0.567. The van der Waals surface area contributed by atoms with Gasteiger partial charge in [0.1, 0.15) is 0 Å². The average molecular weight is 588 g/mol. The first-order valence-electron chi connectivity index (χ1n) is 14.7. The molecule has 2 aliphatic heterocycles. The molecule has 0 atom stereocenters. The van der Waals surface area contributed by atoms with Gasteiger partial charge >= 0.3 is 6.18 Å². The van der Waals surface area contributed by atoms with Crippen molar-refractivity contribution >= 4 is 28.9 Å². The van der Waals surface area contributed by atoms with E-state index in [1.165, 1.54) is 0 Å². The molecular weight excluding hydrogens is 547 g/mol. The maximum absolute atomic E-state index is 13.1. The summed E-state index contributed by atoms with van der Waals surface area (Å²) in [5.74, 6) is 0.428. The van der Waals surface area contributed by atoms with Crippen LogP contribution in [0.1, 0.15) is 55.3 Å². The topological polar surface area (TPSA) is 89.2 Å². The number of rotatable bonds is 9.